The zero-order chi connectivity index (χ0) is 11.0. The van der Waals surface area contributed by atoms with E-state index in [1.165, 1.54) is 0 Å². The summed E-state index contributed by atoms with van der Waals surface area (Å²) in [5.41, 5.74) is 3.13. The van der Waals surface area contributed by atoms with E-state index >= 15 is 0 Å². The van der Waals surface area contributed by atoms with Crippen molar-refractivity contribution in [3.63, 3.8) is 0 Å². The first-order chi connectivity index (χ1) is 7.13. The van der Waals surface area contributed by atoms with Crippen LogP contribution in [0.5, 0.6) is 0 Å². The molecule has 1 aromatic rings. The second-order valence-corrected chi connectivity index (χ2v) is 13.9. The van der Waals surface area contributed by atoms with Crippen LogP contribution in [0.1, 0.15) is 27.7 Å². The molecule has 2 rings (SSSR count). The molecule has 1 aromatic carbocycles. The molecule has 0 atom stereocenters. The Hall–Kier alpha value is -0.417. The molecular formula is C14H17Bi. The summed E-state index contributed by atoms with van der Waals surface area (Å²) in [5.74, 6) is 0. The van der Waals surface area contributed by atoms with Gasteiger partial charge in [-0.1, -0.05) is 0 Å². The van der Waals surface area contributed by atoms with Crippen molar-refractivity contribution in [3.05, 3.63) is 48.0 Å². The van der Waals surface area contributed by atoms with Crippen molar-refractivity contribution >= 4 is 25.0 Å². The number of hydrogen-bond donors (Lipinski definition) is 0. The van der Waals surface area contributed by atoms with Crippen LogP contribution in [-0.4, -0.2) is 21.8 Å². The van der Waals surface area contributed by atoms with Gasteiger partial charge in [0.25, 0.3) is 0 Å². The summed E-state index contributed by atoms with van der Waals surface area (Å²) in [6, 6.07) is 11.1. The zero-order valence-corrected chi connectivity index (χ0v) is 13.3. The van der Waals surface area contributed by atoms with Crippen LogP contribution in [-0.2, 0) is 0 Å². The van der Waals surface area contributed by atoms with Crippen LogP contribution < -0.4 is 3.27 Å². The van der Waals surface area contributed by atoms with Gasteiger partial charge in [-0.3, -0.25) is 0 Å². The van der Waals surface area contributed by atoms with E-state index in [0.29, 0.717) is 0 Å². The van der Waals surface area contributed by atoms with Gasteiger partial charge in [0.15, 0.2) is 0 Å². The molecule has 0 saturated carbocycles. The van der Waals surface area contributed by atoms with Crippen molar-refractivity contribution in [1.82, 2.24) is 0 Å². The molecule has 0 bridgehead atoms. The molecule has 0 fully saturated rings. The molecule has 0 amide bonds. The number of rotatable bonds is 1. The Labute approximate surface area is 100 Å². The molecule has 0 nitrogen and oxygen atoms in total. The molecule has 0 radical (unpaired) electrons. The molecule has 1 heterocycles. The van der Waals surface area contributed by atoms with Crippen molar-refractivity contribution in [2.45, 2.75) is 27.7 Å². The topological polar surface area (TPSA) is 0 Å². The fourth-order valence-corrected chi connectivity index (χ4v) is 12.8. The minimum atomic E-state index is -1.69. The average molecular weight is 394 g/mol. The fraction of sp³-hybridized carbons (Fsp3) is 0.286. The van der Waals surface area contributed by atoms with Crippen LogP contribution in [0, 0.1) is 0 Å². The summed E-state index contributed by atoms with van der Waals surface area (Å²) in [6.45, 7) is 9.26. The van der Waals surface area contributed by atoms with Crippen molar-refractivity contribution in [3.8, 4) is 0 Å². The van der Waals surface area contributed by atoms with Gasteiger partial charge in [-0.05, 0) is 0 Å². The summed E-state index contributed by atoms with van der Waals surface area (Å²) in [5, 5.41) is 0. The normalized spacial score (nSPS) is 17.9. The molecule has 1 heteroatoms. The van der Waals surface area contributed by atoms with Crippen LogP contribution in [0.15, 0.2) is 48.0 Å². The molecule has 78 valence electrons. The van der Waals surface area contributed by atoms with Gasteiger partial charge < -0.3 is 0 Å². The molecule has 0 aliphatic carbocycles. The van der Waals surface area contributed by atoms with E-state index in [9.17, 15) is 0 Å². The third-order valence-corrected chi connectivity index (χ3v) is 14.3. The van der Waals surface area contributed by atoms with E-state index in [2.05, 4.69) is 58.0 Å². The van der Waals surface area contributed by atoms with Crippen molar-refractivity contribution in [1.29, 1.82) is 0 Å². The van der Waals surface area contributed by atoms with Gasteiger partial charge >= 0.3 is 101 Å². The molecule has 0 saturated heterocycles. The Morgan fingerprint density at radius 1 is 0.733 bits per heavy atom. The summed E-state index contributed by atoms with van der Waals surface area (Å²) < 4.78 is 5.05. The summed E-state index contributed by atoms with van der Waals surface area (Å²) in [7, 11) is 0. The molecule has 0 aromatic heterocycles. The van der Waals surface area contributed by atoms with Gasteiger partial charge in [0.1, 0.15) is 0 Å². The van der Waals surface area contributed by atoms with Crippen molar-refractivity contribution in [2.75, 3.05) is 0 Å². The SMILES string of the molecule is CC1=[C](C)[Bi]([c]2ccccc2)[C](C)=C1C. The summed E-state index contributed by atoms with van der Waals surface area (Å²) in [4.78, 5) is 0. The van der Waals surface area contributed by atoms with Gasteiger partial charge in [-0.2, -0.15) is 0 Å². The van der Waals surface area contributed by atoms with Crippen LogP contribution >= 0.6 is 0 Å². The predicted molar refractivity (Wildman–Crippen MR) is 68.6 cm³/mol. The first-order valence-electron chi connectivity index (χ1n) is 5.33. The second-order valence-electron chi connectivity index (χ2n) is 4.09. The zero-order valence-electron chi connectivity index (χ0n) is 9.83. The van der Waals surface area contributed by atoms with Gasteiger partial charge in [0.2, 0.25) is 0 Å². The number of allylic oxidation sites excluding steroid dienone is 4. The van der Waals surface area contributed by atoms with E-state index in [1.54, 1.807) is 21.0 Å². The van der Waals surface area contributed by atoms with E-state index in [1.807, 2.05) is 0 Å². The van der Waals surface area contributed by atoms with E-state index in [4.69, 9.17) is 0 Å². The third kappa shape index (κ3) is 1.83. The first kappa shape index (κ1) is 11.1. The van der Waals surface area contributed by atoms with E-state index < -0.39 is 21.8 Å². The molecule has 1 aliphatic heterocycles. The minimum absolute atomic E-state index is 1.56. The Kier molecular flexibility index (Phi) is 3.11. The first-order valence-corrected chi connectivity index (χ1v) is 10.5. The second kappa shape index (κ2) is 4.22. The molecule has 1 aliphatic rings. The Balaban J connectivity index is 2.50. The van der Waals surface area contributed by atoms with Gasteiger partial charge in [-0.15, -0.1) is 0 Å². The van der Waals surface area contributed by atoms with Crippen molar-refractivity contribution < 1.29 is 0 Å². The van der Waals surface area contributed by atoms with Crippen LogP contribution in [0.25, 0.3) is 0 Å². The average Bonchev–Trinajstić information content (AvgIpc) is 2.45. The number of benzene rings is 1. The Morgan fingerprint density at radius 3 is 1.67 bits per heavy atom. The third-order valence-electron chi connectivity index (χ3n) is 3.33. The number of hydrogen-bond acceptors (Lipinski definition) is 0. The summed E-state index contributed by atoms with van der Waals surface area (Å²) in [6.07, 6.45) is 0. The maximum atomic E-state index is 2.35. The monoisotopic (exact) mass is 394 g/mol. The Bertz CT molecular complexity index is 414. The molecule has 0 unspecified atom stereocenters. The van der Waals surface area contributed by atoms with Crippen LogP contribution in [0.2, 0.25) is 0 Å². The van der Waals surface area contributed by atoms with Gasteiger partial charge in [-0.25, -0.2) is 0 Å². The van der Waals surface area contributed by atoms with Gasteiger partial charge in [0, 0.05) is 0 Å². The standard InChI is InChI=1S/C8H12.C6H5.Bi/c1-5-7(3)8(4)6-2;1-2-4-6-5-3-1;/h1-4H3;1-5H;. The van der Waals surface area contributed by atoms with Crippen molar-refractivity contribution in [2.24, 2.45) is 0 Å². The molecule has 0 spiro atoms. The van der Waals surface area contributed by atoms with Crippen LogP contribution in [0.4, 0.5) is 0 Å². The van der Waals surface area contributed by atoms with E-state index in [0.717, 1.165) is 0 Å². The van der Waals surface area contributed by atoms with Crippen LogP contribution in [0.3, 0.4) is 0 Å². The van der Waals surface area contributed by atoms with E-state index in [-0.39, 0.29) is 0 Å². The maximum absolute atomic E-state index is 2.35. The quantitative estimate of drug-likeness (QED) is 0.643. The molecule has 0 N–H and O–H groups in total. The molecule has 15 heavy (non-hydrogen) atoms. The summed E-state index contributed by atoms with van der Waals surface area (Å²) >= 11 is -1.69. The predicted octanol–water partition coefficient (Wildman–Crippen LogP) is 3.15. The molecular weight excluding hydrogens is 377 g/mol. The Morgan fingerprint density at radius 2 is 1.20 bits per heavy atom. The van der Waals surface area contributed by atoms with Gasteiger partial charge in [0.05, 0.1) is 0 Å². The fourth-order valence-electron chi connectivity index (χ4n) is 2.09.